The fraction of sp³-hybridized carbons (Fsp3) is 0.500. The van der Waals surface area contributed by atoms with Crippen LogP contribution in [0.4, 0.5) is 0 Å². The molecule has 0 fully saturated rings. The highest BCUT2D eigenvalue weighted by Gasteiger charge is 2.14. The lowest BCUT2D eigenvalue weighted by Crippen LogP contribution is -2.31. The van der Waals surface area contributed by atoms with Gasteiger partial charge in [0.15, 0.2) is 0 Å². The Labute approximate surface area is 81.4 Å². The van der Waals surface area contributed by atoms with Crippen molar-refractivity contribution in [2.45, 2.75) is 26.3 Å². The maximum atomic E-state index is 4.10. The van der Waals surface area contributed by atoms with Gasteiger partial charge in [-0.15, -0.1) is 0 Å². The molecule has 0 saturated carbocycles. The summed E-state index contributed by atoms with van der Waals surface area (Å²) in [7, 11) is 2.12. The lowest BCUT2D eigenvalue weighted by Gasteiger charge is -2.31. The Balaban J connectivity index is 2.57. The second-order valence-electron chi connectivity index (χ2n) is 3.87. The molecule has 0 aromatic rings. The Morgan fingerprint density at radius 3 is 2.62 bits per heavy atom. The van der Waals surface area contributed by atoms with E-state index in [1.54, 1.807) is 0 Å². The van der Waals surface area contributed by atoms with Gasteiger partial charge in [-0.25, -0.2) is 0 Å². The lowest BCUT2D eigenvalue weighted by atomic mass is 10.0. The number of rotatable bonds is 3. The second-order valence-corrected chi connectivity index (χ2v) is 3.87. The van der Waals surface area contributed by atoms with Crippen LogP contribution < -0.4 is 0 Å². The summed E-state index contributed by atoms with van der Waals surface area (Å²) in [4.78, 5) is 2.27. The van der Waals surface area contributed by atoms with Crippen molar-refractivity contribution in [1.29, 1.82) is 0 Å². The topological polar surface area (TPSA) is 3.24 Å². The summed E-state index contributed by atoms with van der Waals surface area (Å²) >= 11 is 0. The van der Waals surface area contributed by atoms with Gasteiger partial charge in [0, 0.05) is 12.7 Å². The van der Waals surface area contributed by atoms with Crippen molar-refractivity contribution in [2.75, 3.05) is 7.05 Å². The molecule has 1 nitrogen and oxygen atoms in total. The Morgan fingerprint density at radius 1 is 1.46 bits per heavy atom. The van der Waals surface area contributed by atoms with E-state index < -0.39 is 0 Å². The highest BCUT2D eigenvalue weighted by molar-refractivity contribution is 5.16. The lowest BCUT2D eigenvalue weighted by molar-refractivity contribution is 0.322. The van der Waals surface area contributed by atoms with Gasteiger partial charge in [0.25, 0.3) is 0 Å². The maximum absolute atomic E-state index is 4.10. The van der Waals surface area contributed by atoms with Crippen LogP contribution in [-0.4, -0.2) is 18.0 Å². The largest absolute Gasteiger partial charge is 0.371 e. The molecule has 0 amide bonds. The molecule has 13 heavy (non-hydrogen) atoms. The fourth-order valence-corrected chi connectivity index (χ4v) is 1.48. The zero-order valence-corrected chi connectivity index (χ0v) is 8.83. The van der Waals surface area contributed by atoms with Crippen molar-refractivity contribution in [3.63, 3.8) is 0 Å². The molecule has 1 aliphatic rings. The first-order valence-corrected chi connectivity index (χ1v) is 4.88. The van der Waals surface area contributed by atoms with Crippen molar-refractivity contribution in [3.8, 4) is 0 Å². The van der Waals surface area contributed by atoms with E-state index in [1.807, 2.05) is 0 Å². The number of hydrogen-bond donors (Lipinski definition) is 0. The maximum Gasteiger partial charge on any atom is 0.0504 e. The first kappa shape index (κ1) is 10.1. The van der Waals surface area contributed by atoms with Crippen LogP contribution in [0.25, 0.3) is 0 Å². The Hall–Kier alpha value is -0.980. The summed E-state index contributed by atoms with van der Waals surface area (Å²) in [5.41, 5.74) is 1.21. The molecular formula is C12H19N. The van der Waals surface area contributed by atoms with Gasteiger partial charge in [0.2, 0.25) is 0 Å². The molecule has 0 spiro atoms. The molecule has 0 aromatic carbocycles. The van der Waals surface area contributed by atoms with E-state index in [0.717, 1.165) is 6.42 Å². The van der Waals surface area contributed by atoms with E-state index in [4.69, 9.17) is 0 Å². The van der Waals surface area contributed by atoms with Crippen LogP contribution in [0.5, 0.6) is 0 Å². The van der Waals surface area contributed by atoms with Crippen molar-refractivity contribution in [1.82, 2.24) is 4.90 Å². The summed E-state index contributed by atoms with van der Waals surface area (Å²) in [6, 6.07) is 0.500. The van der Waals surface area contributed by atoms with E-state index in [0.29, 0.717) is 12.0 Å². The summed E-state index contributed by atoms with van der Waals surface area (Å²) in [5.74, 6) is 0.532. The molecule has 1 aliphatic carbocycles. The Bertz CT molecular complexity index is 236. The molecule has 0 aromatic heterocycles. The van der Waals surface area contributed by atoms with Crippen molar-refractivity contribution in [2.24, 2.45) is 5.92 Å². The van der Waals surface area contributed by atoms with Gasteiger partial charge in [-0.2, -0.15) is 0 Å². The fourth-order valence-electron chi connectivity index (χ4n) is 1.48. The van der Waals surface area contributed by atoms with Crippen LogP contribution in [0.2, 0.25) is 0 Å². The van der Waals surface area contributed by atoms with Gasteiger partial charge >= 0.3 is 0 Å². The van der Waals surface area contributed by atoms with E-state index in [2.05, 4.69) is 56.7 Å². The average Bonchev–Trinajstić information content (AvgIpc) is 2.17. The SMILES string of the molecule is C=C(C(C)C)N(C)C1C=CC=CC1. The van der Waals surface area contributed by atoms with Crippen LogP contribution >= 0.6 is 0 Å². The van der Waals surface area contributed by atoms with E-state index in [-0.39, 0.29) is 0 Å². The number of hydrogen-bond acceptors (Lipinski definition) is 1. The number of likely N-dealkylation sites (N-methyl/N-ethyl adjacent to an activating group) is 1. The van der Waals surface area contributed by atoms with Crippen LogP contribution in [0.1, 0.15) is 20.3 Å². The molecule has 1 rings (SSSR count). The van der Waals surface area contributed by atoms with E-state index in [9.17, 15) is 0 Å². The minimum atomic E-state index is 0.500. The molecule has 0 N–H and O–H groups in total. The van der Waals surface area contributed by atoms with Crippen molar-refractivity contribution < 1.29 is 0 Å². The summed E-state index contributed by atoms with van der Waals surface area (Å²) < 4.78 is 0. The minimum absolute atomic E-state index is 0.500. The standard InChI is InChI=1S/C12H19N/c1-10(2)11(3)13(4)12-8-6-5-7-9-12/h5-8,10,12H,3,9H2,1-2,4H3. The highest BCUT2D eigenvalue weighted by Crippen LogP contribution is 2.18. The monoisotopic (exact) mass is 177 g/mol. The third kappa shape index (κ3) is 2.48. The Kier molecular flexibility index (Phi) is 3.35. The van der Waals surface area contributed by atoms with E-state index >= 15 is 0 Å². The van der Waals surface area contributed by atoms with Gasteiger partial charge in [-0.3, -0.25) is 0 Å². The molecule has 1 atom stereocenters. The summed E-state index contributed by atoms with van der Waals surface area (Å²) in [6.07, 6.45) is 9.74. The average molecular weight is 177 g/mol. The first-order chi connectivity index (χ1) is 6.13. The van der Waals surface area contributed by atoms with E-state index in [1.165, 1.54) is 5.70 Å². The second kappa shape index (κ2) is 4.31. The highest BCUT2D eigenvalue weighted by atomic mass is 15.1. The van der Waals surface area contributed by atoms with Crippen LogP contribution in [-0.2, 0) is 0 Å². The quantitative estimate of drug-likeness (QED) is 0.640. The van der Waals surface area contributed by atoms with Gasteiger partial charge in [-0.1, -0.05) is 44.7 Å². The molecule has 72 valence electrons. The third-order valence-electron chi connectivity index (χ3n) is 2.57. The molecule has 1 heteroatoms. The summed E-state index contributed by atoms with van der Waals surface area (Å²) in [6.45, 7) is 8.46. The zero-order valence-electron chi connectivity index (χ0n) is 8.83. The minimum Gasteiger partial charge on any atom is -0.371 e. The zero-order chi connectivity index (χ0) is 9.84. The summed E-state index contributed by atoms with van der Waals surface area (Å²) in [5, 5.41) is 0. The third-order valence-corrected chi connectivity index (χ3v) is 2.57. The first-order valence-electron chi connectivity index (χ1n) is 4.88. The molecule has 0 saturated heterocycles. The molecule has 0 heterocycles. The molecule has 1 unspecified atom stereocenters. The number of allylic oxidation sites excluding steroid dienone is 3. The van der Waals surface area contributed by atoms with Crippen LogP contribution in [0.15, 0.2) is 36.6 Å². The molecule has 0 radical (unpaired) electrons. The van der Waals surface area contributed by atoms with Crippen molar-refractivity contribution in [3.05, 3.63) is 36.6 Å². The molecular weight excluding hydrogens is 158 g/mol. The van der Waals surface area contributed by atoms with Gasteiger partial charge in [-0.05, 0) is 12.3 Å². The molecule has 0 aliphatic heterocycles. The molecule has 0 bridgehead atoms. The van der Waals surface area contributed by atoms with Gasteiger partial charge in [0.05, 0.1) is 6.04 Å². The van der Waals surface area contributed by atoms with Crippen LogP contribution in [0, 0.1) is 5.92 Å². The predicted octanol–water partition coefficient (Wildman–Crippen LogP) is 2.97. The van der Waals surface area contributed by atoms with Gasteiger partial charge < -0.3 is 4.90 Å². The van der Waals surface area contributed by atoms with Crippen molar-refractivity contribution >= 4 is 0 Å². The van der Waals surface area contributed by atoms with Gasteiger partial charge in [0.1, 0.15) is 0 Å². The predicted molar refractivity (Wildman–Crippen MR) is 58.4 cm³/mol. The Morgan fingerprint density at radius 2 is 2.15 bits per heavy atom. The normalized spacial score (nSPS) is 20.8. The van der Waals surface area contributed by atoms with Crippen LogP contribution in [0.3, 0.4) is 0 Å². The number of nitrogens with zero attached hydrogens (tertiary/aromatic N) is 1. The smallest absolute Gasteiger partial charge is 0.0504 e.